The number of aromatic amines is 1. The summed E-state index contributed by atoms with van der Waals surface area (Å²) in [7, 11) is 0.819. The molecule has 8 rings (SSSR count). The molecular formula is C46H58N6O4S2. The largest absolute Gasteiger partial charge is 0.361 e. The fourth-order valence-corrected chi connectivity index (χ4v) is 10.5. The second-order valence-electron chi connectivity index (χ2n) is 16.2. The molecule has 10 nitrogen and oxygen atoms in total. The van der Waals surface area contributed by atoms with Gasteiger partial charge in [0.2, 0.25) is 20.0 Å². The van der Waals surface area contributed by atoms with E-state index >= 15 is 0 Å². The molecule has 4 heterocycles. The van der Waals surface area contributed by atoms with Crippen molar-refractivity contribution in [3.8, 4) is 0 Å². The van der Waals surface area contributed by atoms with Crippen molar-refractivity contribution in [1.82, 2.24) is 28.4 Å². The van der Waals surface area contributed by atoms with Crippen LogP contribution in [0.2, 0.25) is 0 Å². The highest BCUT2D eigenvalue weighted by Gasteiger charge is 2.25. The van der Waals surface area contributed by atoms with Gasteiger partial charge >= 0.3 is 0 Å². The third-order valence-electron chi connectivity index (χ3n) is 12.0. The number of likely N-dealkylation sites (N-methyl/N-ethyl adjacent to an activating group) is 2. The van der Waals surface area contributed by atoms with Crippen LogP contribution in [0.25, 0.3) is 21.8 Å². The molecule has 0 unspecified atom stereocenters. The van der Waals surface area contributed by atoms with Gasteiger partial charge in [0.25, 0.3) is 0 Å². The van der Waals surface area contributed by atoms with E-state index in [-0.39, 0.29) is 11.5 Å². The van der Waals surface area contributed by atoms with Gasteiger partial charge in [0, 0.05) is 66.4 Å². The van der Waals surface area contributed by atoms with Gasteiger partial charge in [-0.15, -0.1) is 0 Å². The van der Waals surface area contributed by atoms with E-state index in [1.54, 1.807) is 7.05 Å². The first-order valence-electron chi connectivity index (χ1n) is 20.4. The fraction of sp³-hybridized carbons (Fsp3) is 0.391. The van der Waals surface area contributed by atoms with Crippen LogP contribution in [0.3, 0.4) is 0 Å². The van der Waals surface area contributed by atoms with E-state index in [4.69, 9.17) is 0 Å². The number of fused-ring (bicyclic) bond motifs is 2. The summed E-state index contributed by atoms with van der Waals surface area (Å²) in [5.74, 6) is 0.0201. The number of rotatable bonds is 14. The minimum atomic E-state index is -3.45. The zero-order chi connectivity index (χ0) is 40.9. The molecule has 0 amide bonds. The van der Waals surface area contributed by atoms with Gasteiger partial charge in [-0.05, 0) is 130 Å². The van der Waals surface area contributed by atoms with Gasteiger partial charge in [0.05, 0.1) is 11.5 Å². The van der Waals surface area contributed by atoms with E-state index in [1.807, 2.05) is 60.7 Å². The van der Waals surface area contributed by atoms with Crippen molar-refractivity contribution in [2.24, 2.45) is 0 Å². The van der Waals surface area contributed by atoms with Crippen molar-refractivity contribution in [2.45, 2.75) is 75.2 Å². The van der Waals surface area contributed by atoms with Crippen LogP contribution in [0.15, 0.2) is 109 Å². The first-order chi connectivity index (χ1) is 27.9. The highest BCUT2D eigenvalue weighted by atomic mass is 32.2. The van der Waals surface area contributed by atoms with Crippen LogP contribution in [0.1, 0.15) is 59.1 Å². The molecule has 308 valence electrons. The fourth-order valence-electron chi connectivity index (χ4n) is 8.60. The first kappa shape index (κ1) is 41.8. The maximum absolute atomic E-state index is 13.2. The van der Waals surface area contributed by atoms with Crippen molar-refractivity contribution in [2.75, 3.05) is 41.3 Å². The Bertz CT molecular complexity index is 2520. The maximum atomic E-state index is 13.2. The minimum Gasteiger partial charge on any atom is -0.361 e. The van der Waals surface area contributed by atoms with Gasteiger partial charge in [-0.25, -0.2) is 25.9 Å². The van der Waals surface area contributed by atoms with Crippen LogP contribution in [-0.2, 0) is 57.5 Å². The number of nitrogens with one attached hydrogen (secondary N) is 2. The molecule has 2 aliphatic rings. The number of aromatic nitrogens is 2. The highest BCUT2D eigenvalue weighted by Crippen LogP contribution is 2.30. The van der Waals surface area contributed by atoms with Crippen molar-refractivity contribution < 1.29 is 16.8 Å². The average molecular weight is 823 g/mol. The number of H-pyrrole nitrogens is 1. The van der Waals surface area contributed by atoms with Gasteiger partial charge in [0.1, 0.15) is 0 Å². The number of hydrogen-bond donors (Lipinski definition) is 2. The first-order valence-corrected chi connectivity index (χ1v) is 23.7. The molecule has 0 radical (unpaired) electrons. The Balaban J connectivity index is 0.000000199. The summed E-state index contributed by atoms with van der Waals surface area (Å²) in [5.41, 5.74) is 8.71. The summed E-state index contributed by atoms with van der Waals surface area (Å²) in [6, 6.07) is 33.4. The van der Waals surface area contributed by atoms with Crippen molar-refractivity contribution in [1.29, 1.82) is 0 Å². The van der Waals surface area contributed by atoms with Crippen LogP contribution >= 0.6 is 0 Å². The van der Waals surface area contributed by atoms with Gasteiger partial charge in [0.15, 0.2) is 0 Å². The second kappa shape index (κ2) is 18.3. The third kappa shape index (κ3) is 10.3. The van der Waals surface area contributed by atoms with E-state index in [0.29, 0.717) is 18.6 Å². The molecule has 0 saturated carbocycles. The SMILES string of the molecule is CN1CCC[C@@H]1Cc1cn(Cc2ccccc2)c2ccc(CS(=O)(=O)N(C)Cc3ccccc3)cc12.CNS(=O)(=O)Cc1ccc2[nH]cc(C[C@H]3CCCN3C)c2c1. The molecule has 6 aromatic rings. The number of benzene rings is 4. The molecular weight excluding hydrogens is 765 g/mol. The summed E-state index contributed by atoms with van der Waals surface area (Å²) in [6.07, 6.45) is 11.3. The second-order valence-corrected chi connectivity index (χ2v) is 20.2. The molecule has 12 heteroatoms. The Labute approximate surface area is 345 Å². The Morgan fingerprint density at radius 3 is 1.91 bits per heavy atom. The minimum absolute atomic E-state index is 0.00108. The Hall–Kier alpha value is -4.30. The lowest BCUT2D eigenvalue weighted by Gasteiger charge is -2.19. The summed E-state index contributed by atoms with van der Waals surface area (Å²) in [6.45, 7) is 3.48. The van der Waals surface area contributed by atoms with E-state index in [0.717, 1.165) is 59.0 Å². The molecule has 0 spiro atoms. The molecule has 58 heavy (non-hydrogen) atoms. The van der Waals surface area contributed by atoms with Gasteiger partial charge < -0.3 is 19.4 Å². The molecule has 2 fully saturated rings. The third-order valence-corrected chi connectivity index (χ3v) is 15.2. The monoisotopic (exact) mass is 822 g/mol. The zero-order valence-electron chi connectivity index (χ0n) is 34.3. The van der Waals surface area contributed by atoms with Crippen LogP contribution < -0.4 is 4.72 Å². The molecule has 0 bridgehead atoms. The molecule has 2 aromatic heterocycles. The maximum Gasteiger partial charge on any atom is 0.218 e. The summed E-state index contributed by atoms with van der Waals surface area (Å²) < 4.78 is 56.0. The lowest BCUT2D eigenvalue weighted by Crippen LogP contribution is -2.27. The topological polar surface area (TPSA) is 111 Å². The Morgan fingerprint density at radius 1 is 0.707 bits per heavy atom. The molecule has 0 aliphatic carbocycles. The zero-order valence-corrected chi connectivity index (χ0v) is 35.9. The predicted molar refractivity (Wildman–Crippen MR) is 237 cm³/mol. The molecule has 2 aliphatic heterocycles. The molecule has 2 N–H and O–H groups in total. The van der Waals surface area contributed by atoms with E-state index < -0.39 is 20.0 Å². The number of hydrogen-bond acceptors (Lipinski definition) is 6. The summed E-state index contributed by atoms with van der Waals surface area (Å²) in [4.78, 5) is 8.16. The van der Waals surface area contributed by atoms with Crippen molar-refractivity contribution in [3.05, 3.63) is 143 Å². The molecule has 4 aromatic carbocycles. The molecule has 2 atom stereocenters. The number of nitrogens with zero attached hydrogens (tertiary/aromatic N) is 4. The van der Waals surface area contributed by atoms with E-state index in [9.17, 15) is 16.8 Å². The quantitative estimate of drug-likeness (QED) is 0.121. The lowest BCUT2D eigenvalue weighted by atomic mass is 10.0. The van der Waals surface area contributed by atoms with Gasteiger partial charge in [-0.3, -0.25) is 0 Å². The average Bonchev–Trinajstić information content (AvgIpc) is 4.00. The highest BCUT2D eigenvalue weighted by molar-refractivity contribution is 7.88. The summed E-state index contributed by atoms with van der Waals surface area (Å²) >= 11 is 0. The number of likely N-dealkylation sites (tertiary alicyclic amines) is 2. The smallest absolute Gasteiger partial charge is 0.218 e. The lowest BCUT2D eigenvalue weighted by molar-refractivity contribution is 0.309. The predicted octanol–water partition coefficient (Wildman–Crippen LogP) is 7.14. The van der Waals surface area contributed by atoms with Crippen molar-refractivity contribution >= 4 is 41.9 Å². The van der Waals surface area contributed by atoms with Gasteiger partial charge in [-0.1, -0.05) is 72.8 Å². The summed E-state index contributed by atoms with van der Waals surface area (Å²) in [5, 5.41) is 2.31. The van der Waals surface area contributed by atoms with Gasteiger partial charge in [-0.2, -0.15) is 0 Å². The molecule has 2 saturated heterocycles. The van der Waals surface area contributed by atoms with Crippen molar-refractivity contribution in [3.63, 3.8) is 0 Å². The van der Waals surface area contributed by atoms with E-state index in [2.05, 4.69) is 87.0 Å². The van der Waals surface area contributed by atoms with Crippen LogP contribution in [-0.4, -0.2) is 93.9 Å². The van der Waals surface area contributed by atoms with Crippen LogP contribution in [0, 0.1) is 0 Å². The van der Waals surface area contributed by atoms with Crippen LogP contribution in [0.4, 0.5) is 0 Å². The number of sulfonamides is 2. The van der Waals surface area contributed by atoms with Crippen LogP contribution in [0.5, 0.6) is 0 Å². The van der Waals surface area contributed by atoms with E-state index in [1.165, 1.54) is 65.7 Å². The Kier molecular flexibility index (Phi) is 13.2. The Morgan fingerprint density at radius 2 is 1.29 bits per heavy atom. The normalized spacial score (nSPS) is 18.0. The standard InChI is InChI=1S/C30H35N3O2S.C16H23N3O2S/c1-31-17-9-14-28(31)19-27-22-33(21-25-12-7-4-8-13-25)30-16-15-26(18-29(27)30)23-36(34,35)32(2)20-24-10-5-3-6-11-24;1-17-22(20,21)11-12-5-6-16-15(8-12)13(10-18-16)9-14-4-3-7-19(14)2/h3-8,10-13,15-16,18,22,28H,9,14,17,19-21,23H2,1-2H3;5-6,8,10,14,17-18H,3-4,7,9,11H2,1-2H3/t28-;14-/m11/s1.